The maximum atomic E-state index is 12.3. The van der Waals surface area contributed by atoms with E-state index in [1.165, 1.54) is 12.2 Å². The van der Waals surface area contributed by atoms with Crippen LogP contribution < -0.4 is 10.6 Å². The van der Waals surface area contributed by atoms with Gasteiger partial charge in [0.25, 0.3) is 5.91 Å². The molecule has 2 aliphatic rings. The molecule has 20 heavy (non-hydrogen) atoms. The van der Waals surface area contributed by atoms with Crippen LogP contribution in [0.4, 0.5) is 4.79 Å². The zero-order valence-corrected chi connectivity index (χ0v) is 11.3. The van der Waals surface area contributed by atoms with Gasteiger partial charge in [0.2, 0.25) is 0 Å². The molecule has 0 radical (unpaired) electrons. The van der Waals surface area contributed by atoms with E-state index in [1.54, 1.807) is 0 Å². The largest absolute Gasteiger partial charge is 0.327 e. The average molecular weight is 273 g/mol. The Balaban J connectivity index is 2.01. The highest BCUT2D eigenvalue weighted by Crippen LogP contribution is 2.32. The Morgan fingerprint density at radius 3 is 2.60 bits per heavy atom. The molecule has 0 bridgehead atoms. The zero-order valence-electron chi connectivity index (χ0n) is 11.3. The Labute approximate surface area is 116 Å². The third-order valence-corrected chi connectivity index (χ3v) is 3.54. The summed E-state index contributed by atoms with van der Waals surface area (Å²) in [7, 11) is 1.44. The number of aryl methyl sites for hydroxylation is 1. The van der Waals surface area contributed by atoms with Crippen LogP contribution in [0.5, 0.6) is 0 Å². The summed E-state index contributed by atoms with van der Waals surface area (Å²) in [5.41, 5.74) is 3.14. The Kier molecular flexibility index (Phi) is 2.94. The number of nitrogens with one attached hydrogen (secondary N) is 2. The van der Waals surface area contributed by atoms with Crippen LogP contribution in [0.2, 0.25) is 0 Å². The van der Waals surface area contributed by atoms with Crippen molar-refractivity contribution in [2.45, 2.75) is 13.0 Å². The number of carbonyl (C=O) groups is 2. The molecule has 0 spiro atoms. The standard InChI is InChI=1S/C14H15N3O3/c1-8-3-5-9(6-4-8)12-11-10(15-14(19)16-12)7-17(20-2)13(11)18/h3-6,12H,7H2,1-2H3,(H2,15,16,19). The maximum Gasteiger partial charge on any atom is 0.319 e. The monoisotopic (exact) mass is 273 g/mol. The number of rotatable bonds is 2. The summed E-state index contributed by atoms with van der Waals surface area (Å²) in [5, 5.41) is 6.69. The predicted octanol–water partition coefficient (Wildman–Crippen LogP) is 1.01. The number of hydrogen-bond acceptors (Lipinski definition) is 3. The number of urea groups is 1. The lowest BCUT2D eigenvalue weighted by Gasteiger charge is -2.25. The lowest BCUT2D eigenvalue weighted by atomic mass is 9.96. The average Bonchev–Trinajstić information content (AvgIpc) is 2.75. The fourth-order valence-electron chi connectivity index (χ4n) is 2.50. The summed E-state index contributed by atoms with van der Waals surface area (Å²) in [4.78, 5) is 29.0. The highest BCUT2D eigenvalue weighted by Gasteiger charge is 2.40. The lowest BCUT2D eigenvalue weighted by molar-refractivity contribution is -0.165. The molecule has 1 atom stereocenters. The van der Waals surface area contributed by atoms with Gasteiger partial charge in [0, 0.05) is 0 Å². The molecule has 0 fully saturated rings. The van der Waals surface area contributed by atoms with E-state index in [0.29, 0.717) is 11.3 Å². The van der Waals surface area contributed by atoms with Gasteiger partial charge in [0.15, 0.2) is 0 Å². The molecule has 2 aliphatic heterocycles. The summed E-state index contributed by atoms with van der Waals surface area (Å²) in [6.45, 7) is 2.25. The first-order valence-electron chi connectivity index (χ1n) is 6.33. The highest BCUT2D eigenvalue weighted by atomic mass is 16.7. The minimum atomic E-state index is -0.438. The molecule has 0 aromatic heterocycles. The van der Waals surface area contributed by atoms with Crippen LogP contribution in [-0.2, 0) is 9.63 Å². The summed E-state index contributed by atoms with van der Waals surface area (Å²) in [6, 6.07) is 7.00. The highest BCUT2D eigenvalue weighted by molar-refractivity contribution is 6.00. The first-order chi connectivity index (χ1) is 9.60. The molecule has 104 valence electrons. The van der Waals surface area contributed by atoms with Crippen LogP contribution in [0.15, 0.2) is 35.5 Å². The predicted molar refractivity (Wildman–Crippen MR) is 71.3 cm³/mol. The van der Waals surface area contributed by atoms with E-state index >= 15 is 0 Å². The van der Waals surface area contributed by atoms with E-state index < -0.39 is 6.04 Å². The van der Waals surface area contributed by atoms with E-state index in [4.69, 9.17) is 4.84 Å². The molecule has 3 rings (SSSR count). The smallest absolute Gasteiger partial charge is 0.319 e. The second-order valence-electron chi connectivity index (χ2n) is 4.86. The van der Waals surface area contributed by atoms with E-state index in [-0.39, 0.29) is 18.5 Å². The molecule has 0 saturated heterocycles. The van der Waals surface area contributed by atoms with Crippen LogP contribution in [0.25, 0.3) is 0 Å². The molecule has 0 saturated carbocycles. The fraction of sp³-hybridized carbons (Fsp3) is 0.286. The first kappa shape index (κ1) is 12.7. The van der Waals surface area contributed by atoms with E-state index in [1.807, 2.05) is 31.2 Å². The molecule has 0 aliphatic carbocycles. The number of hydroxylamine groups is 2. The second-order valence-corrected chi connectivity index (χ2v) is 4.86. The number of benzene rings is 1. The van der Waals surface area contributed by atoms with Gasteiger partial charge in [-0.2, -0.15) is 0 Å². The number of hydrogen-bond donors (Lipinski definition) is 2. The van der Waals surface area contributed by atoms with Crippen LogP contribution in [0.1, 0.15) is 17.2 Å². The van der Waals surface area contributed by atoms with Gasteiger partial charge in [-0.25, -0.2) is 9.86 Å². The second kappa shape index (κ2) is 4.64. The topological polar surface area (TPSA) is 70.7 Å². The van der Waals surface area contributed by atoms with Crippen molar-refractivity contribution in [3.63, 3.8) is 0 Å². The van der Waals surface area contributed by atoms with Crippen molar-refractivity contribution in [1.82, 2.24) is 15.7 Å². The van der Waals surface area contributed by atoms with Crippen molar-refractivity contribution >= 4 is 11.9 Å². The molecule has 1 unspecified atom stereocenters. The van der Waals surface area contributed by atoms with Gasteiger partial charge in [-0.15, -0.1) is 0 Å². The van der Waals surface area contributed by atoms with Gasteiger partial charge in [-0.1, -0.05) is 29.8 Å². The van der Waals surface area contributed by atoms with Crippen molar-refractivity contribution in [2.24, 2.45) is 0 Å². The molecule has 6 heteroatoms. The summed E-state index contributed by atoms with van der Waals surface area (Å²) in [5.74, 6) is -0.222. The van der Waals surface area contributed by atoms with Crippen LogP contribution in [0.3, 0.4) is 0 Å². The Bertz CT molecular complexity index is 607. The van der Waals surface area contributed by atoms with Gasteiger partial charge < -0.3 is 10.6 Å². The molecule has 3 amide bonds. The van der Waals surface area contributed by atoms with Gasteiger partial charge in [0.1, 0.15) is 0 Å². The number of nitrogens with zero attached hydrogens (tertiary/aromatic N) is 1. The minimum Gasteiger partial charge on any atom is -0.327 e. The molecular formula is C14H15N3O3. The molecular weight excluding hydrogens is 258 g/mol. The van der Waals surface area contributed by atoms with Gasteiger partial charge in [-0.05, 0) is 12.5 Å². The summed E-state index contributed by atoms with van der Waals surface area (Å²) < 4.78 is 0. The Morgan fingerprint density at radius 1 is 1.25 bits per heavy atom. The van der Waals surface area contributed by atoms with Gasteiger partial charge in [0.05, 0.1) is 31.0 Å². The van der Waals surface area contributed by atoms with Gasteiger partial charge >= 0.3 is 6.03 Å². The third-order valence-electron chi connectivity index (χ3n) is 3.54. The van der Waals surface area contributed by atoms with Crippen molar-refractivity contribution < 1.29 is 14.4 Å². The molecule has 1 aromatic carbocycles. The van der Waals surface area contributed by atoms with E-state index in [9.17, 15) is 9.59 Å². The third kappa shape index (κ3) is 1.94. The van der Waals surface area contributed by atoms with Crippen molar-refractivity contribution in [3.05, 3.63) is 46.7 Å². The van der Waals surface area contributed by atoms with Crippen LogP contribution in [0, 0.1) is 6.92 Å². The lowest BCUT2D eigenvalue weighted by Crippen LogP contribution is -2.44. The summed E-state index contributed by atoms with van der Waals surface area (Å²) in [6.07, 6.45) is 0. The molecule has 2 heterocycles. The van der Waals surface area contributed by atoms with Crippen LogP contribution >= 0.6 is 0 Å². The van der Waals surface area contributed by atoms with E-state index in [0.717, 1.165) is 11.1 Å². The van der Waals surface area contributed by atoms with Crippen molar-refractivity contribution in [1.29, 1.82) is 0 Å². The Hall–Kier alpha value is -2.34. The van der Waals surface area contributed by atoms with Crippen molar-refractivity contribution in [3.8, 4) is 0 Å². The molecule has 2 N–H and O–H groups in total. The zero-order chi connectivity index (χ0) is 14.3. The Morgan fingerprint density at radius 2 is 1.95 bits per heavy atom. The molecule has 1 aromatic rings. The first-order valence-corrected chi connectivity index (χ1v) is 6.33. The quantitative estimate of drug-likeness (QED) is 0.844. The normalized spacial score (nSPS) is 21.7. The van der Waals surface area contributed by atoms with E-state index in [2.05, 4.69) is 10.6 Å². The number of amides is 3. The maximum absolute atomic E-state index is 12.3. The minimum absolute atomic E-state index is 0.222. The van der Waals surface area contributed by atoms with Crippen LogP contribution in [-0.4, -0.2) is 30.7 Å². The summed E-state index contributed by atoms with van der Waals surface area (Å²) >= 11 is 0. The molecule has 6 nitrogen and oxygen atoms in total. The fourth-order valence-corrected chi connectivity index (χ4v) is 2.50. The van der Waals surface area contributed by atoms with Crippen molar-refractivity contribution in [2.75, 3.05) is 13.7 Å². The SMILES string of the molecule is CON1CC2=C(C1=O)C(c1ccc(C)cc1)NC(=O)N2. The van der Waals surface area contributed by atoms with Gasteiger partial charge in [-0.3, -0.25) is 9.63 Å². The number of carbonyl (C=O) groups excluding carboxylic acids is 2.